The van der Waals surface area contributed by atoms with Gasteiger partial charge in [0, 0.05) is 9.79 Å². The fourth-order valence-electron chi connectivity index (χ4n) is 1.71. The third kappa shape index (κ3) is 3.87. The summed E-state index contributed by atoms with van der Waals surface area (Å²) >= 11 is 1.29. The molecular weight excluding hydrogens is 300 g/mol. The number of nitriles is 1. The molecular formula is C16H12N2O3S. The molecule has 0 bridgehead atoms. The highest BCUT2D eigenvalue weighted by molar-refractivity contribution is 7.99. The predicted molar refractivity (Wildman–Crippen MR) is 81.2 cm³/mol. The molecule has 0 saturated heterocycles. The van der Waals surface area contributed by atoms with Crippen molar-refractivity contribution in [3.63, 3.8) is 0 Å². The zero-order chi connectivity index (χ0) is 15.9. The Bertz CT molecular complexity index is 753. The number of nitrogens with two attached hydrogens (primary N) is 1. The maximum atomic E-state index is 12.0. The van der Waals surface area contributed by atoms with E-state index in [1.54, 1.807) is 42.5 Å². The number of carbonyl (C=O) groups is 2. The van der Waals surface area contributed by atoms with Gasteiger partial charge >= 0.3 is 5.97 Å². The molecule has 0 atom stereocenters. The second-order valence-corrected chi connectivity index (χ2v) is 5.33. The Morgan fingerprint density at radius 1 is 1.09 bits per heavy atom. The Kier molecular flexibility index (Phi) is 5.17. The van der Waals surface area contributed by atoms with Crippen molar-refractivity contribution >= 4 is 23.6 Å². The first-order valence-electron chi connectivity index (χ1n) is 6.33. The van der Waals surface area contributed by atoms with Crippen LogP contribution in [0, 0.1) is 11.3 Å². The predicted octanol–water partition coefficient (Wildman–Crippen LogP) is 2.35. The van der Waals surface area contributed by atoms with Gasteiger partial charge < -0.3 is 10.5 Å². The molecule has 0 aromatic heterocycles. The smallest absolute Gasteiger partial charge is 0.339 e. The molecule has 110 valence electrons. The third-order valence-corrected chi connectivity index (χ3v) is 3.83. The molecule has 2 aromatic rings. The van der Waals surface area contributed by atoms with Gasteiger partial charge in [-0.2, -0.15) is 5.26 Å². The van der Waals surface area contributed by atoms with Gasteiger partial charge in [-0.05, 0) is 24.3 Å². The molecule has 0 heterocycles. The molecule has 0 aliphatic heterocycles. The second kappa shape index (κ2) is 7.29. The molecule has 6 heteroatoms. The van der Waals surface area contributed by atoms with Gasteiger partial charge in [0.25, 0.3) is 5.91 Å². The molecule has 0 fully saturated rings. The maximum Gasteiger partial charge on any atom is 0.339 e. The number of rotatable bonds is 5. The van der Waals surface area contributed by atoms with E-state index in [0.717, 1.165) is 4.90 Å². The minimum atomic E-state index is -0.715. The van der Waals surface area contributed by atoms with Gasteiger partial charge in [0.15, 0.2) is 6.61 Å². The summed E-state index contributed by atoms with van der Waals surface area (Å²) in [6.07, 6.45) is 0. The molecule has 0 unspecified atom stereocenters. The second-order valence-electron chi connectivity index (χ2n) is 4.25. The fraction of sp³-hybridized carbons (Fsp3) is 0.0625. The van der Waals surface area contributed by atoms with E-state index in [2.05, 4.69) is 6.07 Å². The molecule has 0 spiro atoms. The van der Waals surface area contributed by atoms with E-state index in [1.165, 1.54) is 11.8 Å². The highest BCUT2D eigenvalue weighted by atomic mass is 32.2. The minimum absolute atomic E-state index is 0.321. The van der Waals surface area contributed by atoms with Crippen LogP contribution in [0.1, 0.15) is 15.9 Å². The van der Waals surface area contributed by atoms with Gasteiger partial charge in [-0.25, -0.2) is 4.79 Å². The number of esters is 1. The van der Waals surface area contributed by atoms with Crippen molar-refractivity contribution in [2.75, 3.05) is 6.61 Å². The van der Waals surface area contributed by atoms with E-state index in [0.29, 0.717) is 16.0 Å². The number of carbonyl (C=O) groups excluding carboxylic acids is 2. The lowest BCUT2D eigenvalue weighted by Crippen LogP contribution is -2.21. The zero-order valence-electron chi connectivity index (χ0n) is 11.5. The topological polar surface area (TPSA) is 93.2 Å². The number of primary amides is 1. The summed E-state index contributed by atoms with van der Waals surface area (Å²) in [6.45, 7) is -0.466. The van der Waals surface area contributed by atoms with Gasteiger partial charge in [0.05, 0.1) is 11.1 Å². The number of amides is 1. The highest BCUT2D eigenvalue weighted by Gasteiger charge is 2.15. The van der Waals surface area contributed by atoms with E-state index in [-0.39, 0.29) is 0 Å². The average Bonchev–Trinajstić information content (AvgIpc) is 2.53. The van der Waals surface area contributed by atoms with Crippen molar-refractivity contribution in [2.45, 2.75) is 9.79 Å². The van der Waals surface area contributed by atoms with Gasteiger partial charge in [-0.1, -0.05) is 36.0 Å². The third-order valence-electron chi connectivity index (χ3n) is 2.68. The summed E-state index contributed by atoms with van der Waals surface area (Å²) in [7, 11) is 0. The summed E-state index contributed by atoms with van der Waals surface area (Å²) in [5.41, 5.74) is 5.80. The fourth-order valence-corrected chi connectivity index (χ4v) is 2.72. The van der Waals surface area contributed by atoms with E-state index in [4.69, 9.17) is 15.7 Å². The lowest BCUT2D eigenvalue weighted by Gasteiger charge is -2.09. The number of benzene rings is 2. The summed E-state index contributed by atoms with van der Waals surface area (Å²) in [4.78, 5) is 24.1. The van der Waals surface area contributed by atoms with Crippen LogP contribution in [0.25, 0.3) is 0 Å². The molecule has 0 radical (unpaired) electrons. The zero-order valence-corrected chi connectivity index (χ0v) is 12.3. The van der Waals surface area contributed by atoms with Crippen LogP contribution in [0.4, 0.5) is 0 Å². The largest absolute Gasteiger partial charge is 0.452 e. The molecule has 0 aliphatic carbocycles. The van der Waals surface area contributed by atoms with E-state index < -0.39 is 18.5 Å². The Hall–Kier alpha value is -2.78. The van der Waals surface area contributed by atoms with Crippen molar-refractivity contribution in [1.82, 2.24) is 0 Å². The van der Waals surface area contributed by atoms with Crippen molar-refractivity contribution < 1.29 is 14.3 Å². The lowest BCUT2D eigenvalue weighted by atomic mass is 10.2. The van der Waals surface area contributed by atoms with Crippen LogP contribution < -0.4 is 5.73 Å². The number of ether oxygens (including phenoxy) is 1. The van der Waals surface area contributed by atoms with Crippen LogP contribution in [0.5, 0.6) is 0 Å². The molecule has 2 aromatic carbocycles. The van der Waals surface area contributed by atoms with E-state index in [9.17, 15) is 9.59 Å². The van der Waals surface area contributed by atoms with Crippen LogP contribution in [-0.2, 0) is 9.53 Å². The monoisotopic (exact) mass is 312 g/mol. The average molecular weight is 312 g/mol. The molecule has 1 amide bonds. The summed E-state index contributed by atoms with van der Waals surface area (Å²) in [6, 6.07) is 16.0. The Balaban J connectivity index is 2.27. The van der Waals surface area contributed by atoms with Gasteiger partial charge in [0.2, 0.25) is 0 Å². The summed E-state index contributed by atoms with van der Waals surface area (Å²) in [5, 5.41) is 9.11. The van der Waals surface area contributed by atoms with Crippen molar-refractivity contribution in [1.29, 1.82) is 5.26 Å². The van der Waals surface area contributed by atoms with Gasteiger partial charge in [0.1, 0.15) is 6.07 Å². The molecule has 0 aliphatic rings. The van der Waals surface area contributed by atoms with Crippen LogP contribution in [0.2, 0.25) is 0 Å². The highest BCUT2D eigenvalue weighted by Crippen LogP contribution is 2.32. The number of nitrogens with zero attached hydrogens (tertiary/aromatic N) is 1. The first kappa shape index (κ1) is 15.6. The Labute approximate surface area is 131 Å². The normalized spacial score (nSPS) is 9.77. The van der Waals surface area contributed by atoms with Crippen molar-refractivity contribution in [2.24, 2.45) is 5.73 Å². The molecule has 0 saturated carbocycles. The maximum absolute atomic E-state index is 12.0. The van der Waals surface area contributed by atoms with E-state index in [1.807, 2.05) is 6.07 Å². The standard InChI is InChI=1S/C16H12N2O3S/c17-9-11-5-1-3-7-13(11)22-14-8-4-2-6-12(14)16(20)21-10-15(18)19/h1-8H,10H2,(H2,18,19). The summed E-state index contributed by atoms with van der Waals surface area (Å²) < 4.78 is 4.83. The first-order valence-corrected chi connectivity index (χ1v) is 7.15. The SMILES string of the molecule is N#Cc1ccccc1Sc1ccccc1C(=O)OCC(N)=O. The van der Waals surface area contributed by atoms with Crippen LogP contribution in [0.3, 0.4) is 0 Å². The van der Waals surface area contributed by atoms with Crippen LogP contribution >= 0.6 is 11.8 Å². The van der Waals surface area contributed by atoms with Crippen LogP contribution in [0.15, 0.2) is 58.3 Å². The summed E-state index contributed by atoms with van der Waals surface area (Å²) in [5.74, 6) is -1.34. The Morgan fingerprint density at radius 3 is 2.41 bits per heavy atom. The number of hydrogen-bond donors (Lipinski definition) is 1. The van der Waals surface area contributed by atoms with Gasteiger partial charge in [-0.15, -0.1) is 0 Å². The lowest BCUT2D eigenvalue weighted by molar-refractivity contribution is -0.121. The van der Waals surface area contributed by atoms with Crippen molar-refractivity contribution in [3.8, 4) is 6.07 Å². The number of hydrogen-bond acceptors (Lipinski definition) is 5. The molecule has 5 nitrogen and oxygen atoms in total. The molecule has 2 rings (SSSR count). The minimum Gasteiger partial charge on any atom is -0.452 e. The van der Waals surface area contributed by atoms with Crippen molar-refractivity contribution in [3.05, 3.63) is 59.7 Å². The van der Waals surface area contributed by atoms with Crippen LogP contribution in [-0.4, -0.2) is 18.5 Å². The van der Waals surface area contributed by atoms with Gasteiger partial charge in [-0.3, -0.25) is 4.79 Å². The molecule has 22 heavy (non-hydrogen) atoms. The molecule has 2 N–H and O–H groups in total. The Morgan fingerprint density at radius 2 is 1.73 bits per heavy atom. The first-order chi connectivity index (χ1) is 10.6. The van der Waals surface area contributed by atoms with E-state index >= 15 is 0 Å². The quantitative estimate of drug-likeness (QED) is 0.855.